The van der Waals surface area contributed by atoms with Crippen LogP contribution in [0.1, 0.15) is 31.2 Å². The molecule has 0 spiro atoms. The summed E-state index contributed by atoms with van der Waals surface area (Å²) in [5.41, 5.74) is 0.261. The van der Waals surface area contributed by atoms with E-state index in [1.54, 1.807) is 18.2 Å². The third-order valence-corrected chi connectivity index (χ3v) is 5.10. The first-order chi connectivity index (χ1) is 11.3. The molecule has 7 nitrogen and oxygen atoms in total. The minimum Gasteiger partial charge on any atom is -0.411 e. The number of nitrogens with zero attached hydrogens (tertiary/aromatic N) is 2. The summed E-state index contributed by atoms with van der Waals surface area (Å²) in [6.07, 6.45) is 1.07. The second-order valence-corrected chi connectivity index (χ2v) is 7.63. The fourth-order valence-corrected chi connectivity index (χ4v) is 3.74. The Labute approximate surface area is 149 Å². The zero-order valence-electron chi connectivity index (χ0n) is 12.8. The van der Waals surface area contributed by atoms with E-state index in [2.05, 4.69) is 15.5 Å². The van der Waals surface area contributed by atoms with Crippen LogP contribution in [0.25, 0.3) is 0 Å². The van der Waals surface area contributed by atoms with Gasteiger partial charge in [-0.2, -0.15) is 0 Å². The van der Waals surface area contributed by atoms with Crippen molar-refractivity contribution in [1.29, 1.82) is 0 Å². The van der Waals surface area contributed by atoms with Gasteiger partial charge in [-0.25, -0.2) is 8.42 Å². The van der Waals surface area contributed by atoms with Gasteiger partial charge in [0.25, 0.3) is 0 Å². The standard InChI is InChI=1S/C14H15Cl2N3O4S/c1-2-4-12(20)17-7-13-18-19-14(23-13)24(21,22)8-9-10(15)5-3-6-11(9)16/h3,5-6H,2,4,7-8H2,1H3,(H,17,20). The summed E-state index contributed by atoms with van der Waals surface area (Å²) in [4.78, 5) is 11.4. The number of carbonyl (C=O) groups is 1. The molecule has 0 saturated heterocycles. The molecule has 2 aromatic rings. The lowest BCUT2D eigenvalue weighted by Gasteiger charge is -2.05. The van der Waals surface area contributed by atoms with Gasteiger partial charge in [0.2, 0.25) is 21.6 Å². The van der Waals surface area contributed by atoms with Crippen LogP contribution in [0, 0.1) is 0 Å². The van der Waals surface area contributed by atoms with E-state index in [0.717, 1.165) is 0 Å². The molecule has 0 unspecified atom stereocenters. The lowest BCUT2D eigenvalue weighted by molar-refractivity contribution is -0.121. The van der Waals surface area contributed by atoms with Crippen LogP contribution in [0.3, 0.4) is 0 Å². The van der Waals surface area contributed by atoms with Crippen molar-refractivity contribution in [3.63, 3.8) is 0 Å². The number of hydrogen-bond acceptors (Lipinski definition) is 6. The Morgan fingerprint density at radius 3 is 2.54 bits per heavy atom. The molecule has 0 aliphatic carbocycles. The first kappa shape index (κ1) is 18.7. The molecule has 0 aliphatic heterocycles. The maximum absolute atomic E-state index is 12.4. The monoisotopic (exact) mass is 391 g/mol. The van der Waals surface area contributed by atoms with Gasteiger partial charge in [0.15, 0.2) is 0 Å². The van der Waals surface area contributed by atoms with Crippen molar-refractivity contribution < 1.29 is 17.6 Å². The predicted octanol–water partition coefficient (Wildman–Crippen LogP) is 2.77. The molecule has 24 heavy (non-hydrogen) atoms. The second kappa shape index (κ2) is 7.96. The number of nitrogens with one attached hydrogen (secondary N) is 1. The van der Waals surface area contributed by atoms with Crippen LogP contribution in [0.4, 0.5) is 0 Å². The fraction of sp³-hybridized carbons (Fsp3) is 0.357. The van der Waals surface area contributed by atoms with E-state index in [0.29, 0.717) is 12.8 Å². The van der Waals surface area contributed by atoms with E-state index in [-0.39, 0.29) is 34.0 Å². The lowest BCUT2D eigenvalue weighted by atomic mass is 10.2. The summed E-state index contributed by atoms with van der Waals surface area (Å²) >= 11 is 12.0. The third kappa shape index (κ3) is 4.68. The quantitative estimate of drug-likeness (QED) is 0.778. The molecule has 1 aromatic carbocycles. The van der Waals surface area contributed by atoms with Crippen LogP contribution >= 0.6 is 23.2 Å². The molecule has 130 valence electrons. The van der Waals surface area contributed by atoms with Crippen LogP contribution in [-0.4, -0.2) is 24.5 Å². The van der Waals surface area contributed by atoms with E-state index in [4.69, 9.17) is 27.6 Å². The Morgan fingerprint density at radius 1 is 1.25 bits per heavy atom. The van der Waals surface area contributed by atoms with Gasteiger partial charge in [-0.15, -0.1) is 5.10 Å². The maximum atomic E-state index is 12.4. The fourth-order valence-electron chi connectivity index (χ4n) is 1.85. The van der Waals surface area contributed by atoms with Crippen molar-refractivity contribution in [2.45, 2.75) is 37.3 Å². The number of sulfone groups is 1. The Kier molecular flexibility index (Phi) is 6.20. The van der Waals surface area contributed by atoms with Crippen LogP contribution in [0.15, 0.2) is 27.8 Å². The summed E-state index contributed by atoms with van der Waals surface area (Å²) in [6, 6.07) is 4.70. The molecule has 0 aliphatic rings. The molecule has 10 heteroatoms. The predicted molar refractivity (Wildman–Crippen MR) is 88.4 cm³/mol. The smallest absolute Gasteiger partial charge is 0.335 e. The number of hydrogen-bond donors (Lipinski definition) is 1. The summed E-state index contributed by atoms with van der Waals surface area (Å²) in [5.74, 6) is -0.638. The molecule has 0 radical (unpaired) electrons. The van der Waals surface area contributed by atoms with E-state index < -0.39 is 20.8 Å². The zero-order chi connectivity index (χ0) is 17.7. The first-order valence-corrected chi connectivity index (χ1v) is 9.49. The summed E-state index contributed by atoms with van der Waals surface area (Å²) in [5, 5.41) is 9.63. The number of aromatic nitrogens is 2. The van der Waals surface area contributed by atoms with Crippen molar-refractivity contribution in [3.05, 3.63) is 39.7 Å². The van der Waals surface area contributed by atoms with Crippen LogP contribution < -0.4 is 5.32 Å². The number of benzene rings is 1. The van der Waals surface area contributed by atoms with E-state index in [1.807, 2.05) is 6.92 Å². The highest BCUT2D eigenvalue weighted by molar-refractivity contribution is 7.90. The Balaban J connectivity index is 2.12. The molecule has 0 atom stereocenters. The topological polar surface area (TPSA) is 102 Å². The van der Waals surface area contributed by atoms with E-state index >= 15 is 0 Å². The third-order valence-electron chi connectivity index (χ3n) is 3.02. The molecule has 2 rings (SSSR count). The van der Waals surface area contributed by atoms with Gasteiger partial charge in [0.05, 0.1) is 12.3 Å². The molecule has 0 bridgehead atoms. The minimum atomic E-state index is -3.91. The van der Waals surface area contributed by atoms with Crippen LogP contribution in [0.5, 0.6) is 0 Å². The molecule has 0 saturated carbocycles. The lowest BCUT2D eigenvalue weighted by Crippen LogP contribution is -2.22. The number of halogens is 2. The summed E-state index contributed by atoms with van der Waals surface area (Å²) in [7, 11) is -3.91. The first-order valence-electron chi connectivity index (χ1n) is 7.08. The minimum absolute atomic E-state index is 0.00304. The second-order valence-electron chi connectivity index (χ2n) is 4.95. The molecular formula is C14H15Cl2N3O4S. The van der Waals surface area contributed by atoms with Crippen LogP contribution in [-0.2, 0) is 26.9 Å². The van der Waals surface area contributed by atoms with Gasteiger partial charge in [0.1, 0.15) is 0 Å². The molecule has 1 amide bonds. The molecule has 0 fully saturated rings. The van der Waals surface area contributed by atoms with Crippen LogP contribution in [0.2, 0.25) is 10.0 Å². The van der Waals surface area contributed by atoms with Crippen molar-refractivity contribution in [3.8, 4) is 0 Å². The Morgan fingerprint density at radius 2 is 1.92 bits per heavy atom. The Bertz CT molecular complexity index is 816. The van der Waals surface area contributed by atoms with Gasteiger partial charge < -0.3 is 9.73 Å². The highest BCUT2D eigenvalue weighted by Crippen LogP contribution is 2.28. The van der Waals surface area contributed by atoms with Crippen molar-refractivity contribution in [2.75, 3.05) is 0 Å². The van der Waals surface area contributed by atoms with E-state index in [1.165, 1.54) is 0 Å². The molecule has 1 N–H and O–H groups in total. The van der Waals surface area contributed by atoms with Gasteiger partial charge in [0, 0.05) is 22.0 Å². The normalized spacial score (nSPS) is 11.5. The van der Waals surface area contributed by atoms with Gasteiger partial charge in [-0.05, 0) is 18.6 Å². The summed E-state index contributed by atoms with van der Waals surface area (Å²) in [6.45, 7) is 1.84. The van der Waals surface area contributed by atoms with Gasteiger partial charge >= 0.3 is 5.22 Å². The van der Waals surface area contributed by atoms with Gasteiger partial charge in [-0.1, -0.05) is 41.3 Å². The number of rotatable bonds is 7. The zero-order valence-corrected chi connectivity index (χ0v) is 15.1. The Hall–Kier alpha value is -1.64. The maximum Gasteiger partial charge on any atom is 0.335 e. The summed E-state index contributed by atoms with van der Waals surface area (Å²) < 4.78 is 29.8. The average molecular weight is 392 g/mol. The molecule has 1 heterocycles. The SMILES string of the molecule is CCCC(=O)NCc1nnc(S(=O)(=O)Cc2c(Cl)cccc2Cl)o1. The average Bonchev–Trinajstić information content (AvgIpc) is 2.99. The highest BCUT2D eigenvalue weighted by atomic mass is 35.5. The van der Waals surface area contributed by atoms with Crippen molar-refractivity contribution in [1.82, 2.24) is 15.5 Å². The number of carbonyl (C=O) groups excluding carboxylic acids is 1. The largest absolute Gasteiger partial charge is 0.411 e. The van der Waals surface area contributed by atoms with Crippen molar-refractivity contribution >= 4 is 38.9 Å². The van der Waals surface area contributed by atoms with Gasteiger partial charge in [-0.3, -0.25) is 4.79 Å². The van der Waals surface area contributed by atoms with Crippen molar-refractivity contribution in [2.24, 2.45) is 0 Å². The molecular weight excluding hydrogens is 377 g/mol. The molecule has 1 aromatic heterocycles. The van der Waals surface area contributed by atoms with E-state index in [9.17, 15) is 13.2 Å². The highest BCUT2D eigenvalue weighted by Gasteiger charge is 2.25. The number of amides is 1.